The van der Waals surface area contributed by atoms with Gasteiger partial charge in [0.05, 0.1) is 16.2 Å². The fourth-order valence-corrected chi connectivity index (χ4v) is 2.14. The zero-order chi connectivity index (χ0) is 14.7. The van der Waals surface area contributed by atoms with E-state index in [2.05, 4.69) is 14.5 Å². The maximum Gasteiger partial charge on any atom is 0.141 e. The third-order valence-corrected chi connectivity index (χ3v) is 3.16. The number of nitrogens with zero attached hydrogens (tertiary/aromatic N) is 3. The topological polar surface area (TPSA) is 159 Å². The van der Waals surface area contributed by atoms with Crippen LogP contribution in [0.2, 0.25) is 0 Å². The van der Waals surface area contributed by atoms with Gasteiger partial charge in [0.25, 0.3) is 0 Å². The minimum Gasteiger partial charge on any atom is -0.266 e. The highest BCUT2D eigenvalue weighted by atomic mass is 17.1. The Morgan fingerprint density at radius 3 is 1.11 bits per heavy atom. The van der Waals surface area contributed by atoms with Crippen LogP contribution in [0.15, 0.2) is 0 Å². The second kappa shape index (κ2) is 6.80. The molecule has 1 fully saturated rings. The number of rotatable bonds is 6. The molecule has 0 heterocycles. The smallest absolute Gasteiger partial charge is 0.141 e. The quantitative estimate of drug-likeness (QED) is 0.345. The second-order valence-electron chi connectivity index (χ2n) is 4.19. The fraction of sp³-hybridized carbons (Fsp3) is 1.00. The van der Waals surface area contributed by atoms with Crippen molar-refractivity contribution in [3.63, 3.8) is 0 Å². The summed E-state index contributed by atoms with van der Waals surface area (Å²) in [5, 5.41) is 50.3. The average molecular weight is 287 g/mol. The van der Waals surface area contributed by atoms with Crippen molar-refractivity contribution < 1.29 is 45.8 Å². The molecule has 0 amide bonds. The lowest BCUT2D eigenvalue weighted by molar-refractivity contribution is -0.554. The predicted molar refractivity (Wildman–Crippen MR) is 49.2 cm³/mol. The lowest BCUT2D eigenvalue weighted by atomic mass is 9.98. The van der Waals surface area contributed by atoms with E-state index in [-0.39, 0.29) is 0 Å². The first-order valence-electron chi connectivity index (χ1n) is 5.28. The van der Waals surface area contributed by atoms with Crippen molar-refractivity contribution in [2.24, 2.45) is 11.8 Å². The molecule has 114 valence electrons. The molecule has 0 bridgehead atoms. The van der Waals surface area contributed by atoms with Crippen LogP contribution >= 0.6 is 0 Å². The van der Waals surface area contributed by atoms with E-state index in [0.717, 1.165) is 0 Å². The predicted octanol–water partition coefficient (Wildman–Crippen LogP) is -0.586. The number of hydrogen-bond donors (Lipinski definition) is 6. The Bertz CT molecular complexity index is 257. The summed E-state index contributed by atoms with van der Waals surface area (Å²) >= 11 is 0. The molecular formula is C7H17N3O9. The van der Waals surface area contributed by atoms with Crippen LogP contribution < -0.4 is 0 Å². The summed E-state index contributed by atoms with van der Waals surface area (Å²) in [6.45, 7) is 3.27. The number of hydrogen-bond acceptors (Lipinski definition) is 12. The van der Waals surface area contributed by atoms with Gasteiger partial charge in [0.2, 0.25) is 0 Å². The molecule has 12 heteroatoms. The van der Waals surface area contributed by atoms with Gasteiger partial charge in [-0.05, 0) is 11.8 Å². The Kier molecular flexibility index (Phi) is 5.93. The van der Waals surface area contributed by atoms with Crippen LogP contribution in [0.1, 0.15) is 13.8 Å². The van der Waals surface area contributed by atoms with Gasteiger partial charge in [-0.1, -0.05) is 13.8 Å². The van der Waals surface area contributed by atoms with E-state index in [1.54, 1.807) is 13.8 Å². The summed E-state index contributed by atoms with van der Waals surface area (Å²) in [6, 6.07) is 0. The molecule has 4 atom stereocenters. The zero-order valence-electron chi connectivity index (χ0n) is 10.1. The van der Waals surface area contributed by atoms with Gasteiger partial charge in [0, 0.05) is 0 Å². The zero-order valence-corrected chi connectivity index (χ0v) is 10.1. The third-order valence-electron chi connectivity index (χ3n) is 3.16. The van der Waals surface area contributed by atoms with Crippen LogP contribution in [0.3, 0.4) is 0 Å². The van der Waals surface area contributed by atoms with E-state index in [1.807, 2.05) is 0 Å². The molecule has 0 aliphatic heterocycles. The van der Waals surface area contributed by atoms with Gasteiger partial charge in [0.15, 0.2) is 0 Å². The van der Waals surface area contributed by atoms with Crippen LogP contribution in [0.4, 0.5) is 0 Å². The molecule has 0 aromatic rings. The molecule has 1 aliphatic rings. The minimum absolute atomic E-state index is 0.406. The van der Waals surface area contributed by atoms with Gasteiger partial charge in [-0.15, -0.1) is 0 Å². The van der Waals surface area contributed by atoms with E-state index in [0.29, 0.717) is 0 Å². The van der Waals surface area contributed by atoms with Crippen molar-refractivity contribution in [2.45, 2.75) is 32.2 Å². The summed E-state index contributed by atoms with van der Waals surface area (Å²) in [7, 11) is 0. The monoisotopic (exact) mass is 287 g/mol. The molecule has 1 saturated carbocycles. The van der Waals surface area contributed by atoms with Crippen molar-refractivity contribution in [1.82, 2.24) is 16.2 Å². The molecule has 4 unspecified atom stereocenters. The molecule has 0 aromatic heterocycles. The van der Waals surface area contributed by atoms with E-state index in [9.17, 15) is 0 Å². The summed E-state index contributed by atoms with van der Waals surface area (Å²) in [5.41, 5.74) is 0. The van der Waals surface area contributed by atoms with Gasteiger partial charge in [-0.2, -0.15) is 0 Å². The molecule has 0 aromatic carbocycles. The largest absolute Gasteiger partial charge is 0.266 e. The molecule has 0 radical (unpaired) electrons. The van der Waals surface area contributed by atoms with Gasteiger partial charge >= 0.3 is 0 Å². The van der Waals surface area contributed by atoms with Crippen LogP contribution in [0, 0.1) is 11.8 Å². The average Bonchev–Trinajstić information content (AvgIpc) is 2.44. The molecule has 1 aliphatic carbocycles. The first-order valence-corrected chi connectivity index (χ1v) is 5.28. The minimum atomic E-state index is -1.26. The van der Waals surface area contributed by atoms with E-state index in [1.165, 1.54) is 0 Å². The molecule has 6 N–H and O–H groups in total. The van der Waals surface area contributed by atoms with Crippen molar-refractivity contribution in [1.29, 1.82) is 0 Å². The molecule has 0 spiro atoms. The second-order valence-corrected chi connectivity index (χ2v) is 4.19. The van der Waals surface area contributed by atoms with Crippen LogP contribution in [-0.4, -0.2) is 65.7 Å². The maximum atomic E-state index is 8.67. The molecule has 19 heavy (non-hydrogen) atoms. The van der Waals surface area contributed by atoms with Gasteiger partial charge in [-0.3, -0.25) is 31.2 Å². The standard InChI is InChI=1S/C7H17N3O9/c1-3-4(2)6(18-9(13)14)7(19-10(15)16)5(3)17-8(11)12/h3-7,11-16H,1-2H3. The molecular weight excluding hydrogens is 270 g/mol. The fourth-order valence-electron chi connectivity index (χ4n) is 2.14. The van der Waals surface area contributed by atoms with Crippen LogP contribution in [0.25, 0.3) is 0 Å². The normalized spacial score (nSPS) is 35.8. The van der Waals surface area contributed by atoms with E-state index >= 15 is 0 Å². The summed E-state index contributed by atoms with van der Waals surface area (Å²) in [5.74, 6) is -0.812. The lowest BCUT2D eigenvalue weighted by Crippen LogP contribution is -2.44. The highest BCUT2D eigenvalue weighted by Gasteiger charge is 2.52. The maximum absolute atomic E-state index is 8.67. The van der Waals surface area contributed by atoms with Gasteiger partial charge in [0.1, 0.15) is 18.3 Å². The summed E-state index contributed by atoms with van der Waals surface area (Å²) in [6.07, 6.45) is -3.38. The first-order chi connectivity index (χ1) is 8.73. The van der Waals surface area contributed by atoms with Crippen molar-refractivity contribution in [3.8, 4) is 0 Å². The Morgan fingerprint density at radius 2 is 0.842 bits per heavy atom. The van der Waals surface area contributed by atoms with Crippen molar-refractivity contribution in [3.05, 3.63) is 0 Å². The highest BCUT2D eigenvalue weighted by Crippen LogP contribution is 2.38. The third kappa shape index (κ3) is 4.25. The van der Waals surface area contributed by atoms with E-state index in [4.69, 9.17) is 31.2 Å². The van der Waals surface area contributed by atoms with Crippen LogP contribution in [0.5, 0.6) is 0 Å². The first kappa shape index (κ1) is 16.6. The molecule has 1 rings (SSSR count). The Labute approximate surface area is 107 Å². The van der Waals surface area contributed by atoms with Crippen molar-refractivity contribution in [2.75, 3.05) is 0 Å². The Morgan fingerprint density at radius 1 is 0.579 bits per heavy atom. The van der Waals surface area contributed by atoms with E-state index < -0.39 is 46.3 Å². The summed E-state index contributed by atoms with van der Waals surface area (Å²) in [4.78, 5) is 13.8. The Balaban J connectivity index is 2.88. The summed E-state index contributed by atoms with van der Waals surface area (Å²) < 4.78 is 0. The molecule has 12 nitrogen and oxygen atoms in total. The lowest BCUT2D eigenvalue weighted by Gasteiger charge is -2.26. The highest BCUT2D eigenvalue weighted by molar-refractivity contribution is 4.96. The SMILES string of the molecule is CC1C(C)C(ON(O)O)C(ON(O)O)C1ON(O)O. The molecule has 0 saturated heterocycles. The Hall–Kier alpha value is -0.480. The van der Waals surface area contributed by atoms with Crippen LogP contribution in [-0.2, 0) is 14.5 Å². The van der Waals surface area contributed by atoms with Gasteiger partial charge in [-0.25, -0.2) is 14.5 Å². The van der Waals surface area contributed by atoms with Crippen molar-refractivity contribution >= 4 is 0 Å². The van der Waals surface area contributed by atoms with Gasteiger partial charge < -0.3 is 0 Å².